The van der Waals surface area contributed by atoms with E-state index in [9.17, 15) is 19.7 Å². The first kappa shape index (κ1) is 23.1. The van der Waals surface area contributed by atoms with E-state index in [0.717, 1.165) is 5.69 Å². The minimum atomic E-state index is -1.19. The van der Waals surface area contributed by atoms with Gasteiger partial charge in [0.1, 0.15) is 6.61 Å². The summed E-state index contributed by atoms with van der Waals surface area (Å²) in [5.41, 5.74) is 2.59. The van der Waals surface area contributed by atoms with Gasteiger partial charge in [0.2, 0.25) is 0 Å². The second kappa shape index (κ2) is 10.6. The lowest BCUT2D eigenvalue weighted by Crippen LogP contribution is -2.14. The molecule has 3 rings (SSSR count). The van der Waals surface area contributed by atoms with E-state index in [1.807, 2.05) is 43.3 Å². The number of esters is 1. The number of azo groups is 1. The molecule has 168 valence electrons. The van der Waals surface area contributed by atoms with E-state index in [2.05, 4.69) is 15.0 Å². The summed E-state index contributed by atoms with van der Waals surface area (Å²) in [5.74, 6) is -0.906. The first-order valence-electron chi connectivity index (χ1n) is 9.73. The zero-order chi connectivity index (χ0) is 23.8. The van der Waals surface area contributed by atoms with Crippen LogP contribution in [0.25, 0.3) is 0 Å². The molecule has 0 saturated heterocycles. The molecule has 0 aliphatic heterocycles. The Morgan fingerprint density at radius 3 is 2.24 bits per heavy atom. The Morgan fingerprint density at radius 1 is 0.939 bits per heavy atom. The van der Waals surface area contributed by atoms with Gasteiger partial charge in [-0.05, 0) is 60.2 Å². The Kier molecular flexibility index (Phi) is 7.43. The Balaban J connectivity index is 1.56. The minimum Gasteiger partial charge on any atom is -0.429 e. The molecule has 10 heteroatoms. The topological polar surface area (TPSA) is 124 Å². The van der Waals surface area contributed by atoms with Crippen LogP contribution >= 0.6 is 0 Å². The molecule has 0 spiro atoms. The van der Waals surface area contributed by atoms with Crippen LogP contribution in [0.15, 0.2) is 83.0 Å². The fourth-order valence-electron chi connectivity index (χ4n) is 2.65. The molecule has 0 amide bonds. The number of hydrogen-bond acceptors (Lipinski definition) is 9. The maximum absolute atomic E-state index is 12.2. The normalized spacial score (nSPS) is 10.6. The van der Waals surface area contributed by atoms with Crippen molar-refractivity contribution in [2.24, 2.45) is 10.2 Å². The second-order valence-corrected chi connectivity index (χ2v) is 7.01. The molecular weight excluding hydrogens is 428 g/mol. The van der Waals surface area contributed by atoms with Gasteiger partial charge < -0.3 is 14.4 Å². The number of non-ortho nitro benzene ring substituents is 1. The Morgan fingerprint density at radius 2 is 1.61 bits per heavy atom. The van der Waals surface area contributed by atoms with Crippen LogP contribution in [-0.4, -0.2) is 31.1 Å². The highest BCUT2D eigenvalue weighted by Gasteiger charge is 2.15. The van der Waals surface area contributed by atoms with E-state index in [-0.39, 0.29) is 17.9 Å². The molecule has 0 radical (unpaired) electrons. The summed E-state index contributed by atoms with van der Waals surface area (Å²) in [6, 6.07) is 19.0. The van der Waals surface area contributed by atoms with Crippen molar-refractivity contribution in [3.63, 3.8) is 0 Å². The maximum Gasteiger partial charge on any atom is 0.516 e. The van der Waals surface area contributed by atoms with Crippen LogP contribution in [0.3, 0.4) is 0 Å². The zero-order valence-corrected chi connectivity index (χ0v) is 17.9. The number of rotatable bonds is 7. The molecule has 0 N–H and O–H groups in total. The lowest BCUT2D eigenvalue weighted by atomic mass is 10.2. The van der Waals surface area contributed by atoms with E-state index in [4.69, 9.17) is 4.74 Å². The summed E-state index contributed by atoms with van der Waals surface area (Å²) in [6.45, 7) is -0.203. The lowest BCUT2D eigenvalue weighted by Gasteiger charge is -2.11. The summed E-state index contributed by atoms with van der Waals surface area (Å²) < 4.78 is 9.57. The predicted octanol–water partition coefficient (Wildman–Crippen LogP) is 5.57. The highest BCUT2D eigenvalue weighted by atomic mass is 16.7. The van der Waals surface area contributed by atoms with Gasteiger partial charge in [0.15, 0.2) is 0 Å². The van der Waals surface area contributed by atoms with Gasteiger partial charge in [-0.3, -0.25) is 10.1 Å². The van der Waals surface area contributed by atoms with Crippen LogP contribution in [0, 0.1) is 10.1 Å². The lowest BCUT2D eigenvalue weighted by molar-refractivity contribution is -0.384. The quantitative estimate of drug-likeness (QED) is 0.152. The van der Waals surface area contributed by atoms with E-state index < -0.39 is 17.0 Å². The van der Waals surface area contributed by atoms with Crippen LogP contribution in [0.2, 0.25) is 0 Å². The third kappa shape index (κ3) is 6.69. The minimum absolute atomic E-state index is 0.0842. The van der Waals surface area contributed by atoms with E-state index in [1.165, 1.54) is 36.4 Å². The predicted molar refractivity (Wildman–Crippen MR) is 120 cm³/mol. The molecule has 0 fully saturated rings. The first-order valence-corrected chi connectivity index (χ1v) is 9.73. The molecule has 3 aromatic rings. The van der Waals surface area contributed by atoms with Gasteiger partial charge in [-0.2, -0.15) is 10.2 Å². The van der Waals surface area contributed by atoms with Gasteiger partial charge in [-0.25, -0.2) is 9.59 Å². The Hall–Kier alpha value is -4.60. The number of carbonyl (C=O) groups excluding carboxylic acids is 2. The molecule has 3 aromatic carbocycles. The number of anilines is 1. The third-order valence-corrected chi connectivity index (χ3v) is 4.41. The maximum atomic E-state index is 12.2. The molecule has 0 saturated carbocycles. The molecule has 0 heterocycles. The van der Waals surface area contributed by atoms with Crippen LogP contribution in [0.5, 0.6) is 0 Å². The molecule has 0 unspecified atom stereocenters. The van der Waals surface area contributed by atoms with Crippen molar-refractivity contribution in [1.29, 1.82) is 0 Å². The van der Waals surface area contributed by atoms with Crippen LogP contribution in [0.1, 0.15) is 15.9 Å². The van der Waals surface area contributed by atoms with Crippen molar-refractivity contribution in [1.82, 2.24) is 0 Å². The fourth-order valence-corrected chi connectivity index (χ4v) is 2.65. The number of nitrogens with zero attached hydrogens (tertiary/aromatic N) is 4. The summed E-state index contributed by atoms with van der Waals surface area (Å²) in [5, 5.41) is 18.9. The highest BCUT2D eigenvalue weighted by molar-refractivity contribution is 5.95. The van der Waals surface area contributed by atoms with Crippen molar-refractivity contribution < 1.29 is 24.0 Å². The number of hydrogen-bond donors (Lipinski definition) is 0. The van der Waals surface area contributed by atoms with Crippen LogP contribution < -0.4 is 4.90 Å². The number of ether oxygens (including phenoxy) is 2. The van der Waals surface area contributed by atoms with Gasteiger partial charge in [0.25, 0.3) is 5.69 Å². The van der Waals surface area contributed by atoms with Crippen molar-refractivity contribution >= 4 is 34.9 Å². The zero-order valence-electron chi connectivity index (χ0n) is 17.9. The largest absolute Gasteiger partial charge is 0.516 e. The van der Waals surface area contributed by atoms with Crippen LogP contribution in [0.4, 0.5) is 27.5 Å². The molecule has 10 nitrogen and oxygen atoms in total. The molecule has 0 bridgehead atoms. The standard InChI is InChI=1S/C23H20N4O6/c1-26(2)20-12-8-18(9-13-20)24-25-19-5-3-4-17(14-19)22(28)33-23(29)32-15-16-6-10-21(11-7-16)27(30)31/h3-14H,15H2,1-2H3. The van der Waals surface area contributed by atoms with Gasteiger partial charge in [-0.15, -0.1) is 0 Å². The summed E-state index contributed by atoms with van der Waals surface area (Å²) in [6.07, 6.45) is -1.19. The average Bonchev–Trinajstić information content (AvgIpc) is 2.82. The molecule has 0 aliphatic rings. The number of benzene rings is 3. The third-order valence-electron chi connectivity index (χ3n) is 4.41. The molecule has 0 aromatic heterocycles. The van der Waals surface area contributed by atoms with Gasteiger partial charge >= 0.3 is 12.1 Å². The average molecular weight is 448 g/mol. The Labute approximate surface area is 189 Å². The first-order chi connectivity index (χ1) is 15.8. The summed E-state index contributed by atoms with van der Waals surface area (Å²) in [4.78, 5) is 36.2. The van der Waals surface area contributed by atoms with Crippen molar-refractivity contribution in [3.05, 3.63) is 94.0 Å². The van der Waals surface area contributed by atoms with Crippen molar-refractivity contribution in [2.75, 3.05) is 19.0 Å². The molecule has 0 atom stereocenters. The number of nitro groups is 1. The Bertz CT molecular complexity index is 1170. The van der Waals surface area contributed by atoms with Gasteiger partial charge in [-0.1, -0.05) is 6.07 Å². The van der Waals surface area contributed by atoms with Crippen molar-refractivity contribution in [3.8, 4) is 0 Å². The highest BCUT2D eigenvalue weighted by Crippen LogP contribution is 2.22. The summed E-state index contributed by atoms with van der Waals surface area (Å²) >= 11 is 0. The van der Waals surface area contributed by atoms with E-state index in [0.29, 0.717) is 16.9 Å². The SMILES string of the molecule is CN(C)c1ccc(N=Nc2cccc(C(=O)OC(=O)OCc3ccc([N+](=O)[O-])cc3)c2)cc1. The van der Waals surface area contributed by atoms with Crippen LogP contribution in [-0.2, 0) is 16.1 Å². The smallest absolute Gasteiger partial charge is 0.429 e. The second-order valence-electron chi connectivity index (χ2n) is 7.01. The molecular formula is C23H20N4O6. The van der Waals surface area contributed by atoms with Gasteiger partial charge in [0.05, 0.1) is 21.9 Å². The van der Waals surface area contributed by atoms with E-state index >= 15 is 0 Å². The molecule has 0 aliphatic carbocycles. The van der Waals surface area contributed by atoms with E-state index in [1.54, 1.807) is 12.1 Å². The number of nitro benzene ring substituents is 1. The summed E-state index contributed by atoms with van der Waals surface area (Å²) in [7, 11) is 3.87. The molecule has 33 heavy (non-hydrogen) atoms. The fraction of sp³-hybridized carbons (Fsp3) is 0.130. The van der Waals surface area contributed by atoms with Gasteiger partial charge in [0, 0.05) is 31.9 Å². The monoisotopic (exact) mass is 448 g/mol. The van der Waals surface area contributed by atoms with Crippen molar-refractivity contribution in [2.45, 2.75) is 6.61 Å². The number of carbonyl (C=O) groups is 2.